The lowest BCUT2D eigenvalue weighted by Gasteiger charge is -2.08. The van der Waals surface area contributed by atoms with Gasteiger partial charge in [0.2, 0.25) is 0 Å². The van der Waals surface area contributed by atoms with E-state index in [1.807, 2.05) is 0 Å². The van der Waals surface area contributed by atoms with Gasteiger partial charge < -0.3 is 4.98 Å². The van der Waals surface area contributed by atoms with Gasteiger partial charge in [-0.15, -0.1) is 11.3 Å². The number of H-pyrrole nitrogens is 1. The Labute approximate surface area is 114 Å². The van der Waals surface area contributed by atoms with Gasteiger partial charge in [-0.2, -0.15) is 0 Å². The maximum atomic E-state index is 4.66. The lowest BCUT2D eigenvalue weighted by Crippen LogP contribution is -1.96. The van der Waals surface area contributed by atoms with Gasteiger partial charge in [-0.05, 0) is 6.42 Å². The molecular weight excluding hydrogens is 240 g/mol. The number of aromatic amines is 1. The summed E-state index contributed by atoms with van der Waals surface area (Å²) in [6, 6.07) is 0. The largest absolute Gasteiger partial charge is 0.341 e. The monoisotopic (exact) mass is 264 g/mol. The molecule has 0 bridgehead atoms. The topological polar surface area (TPSA) is 28.7 Å². The highest BCUT2D eigenvalue weighted by atomic mass is 32.1. The van der Waals surface area contributed by atoms with Gasteiger partial charge in [-0.1, -0.05) is 52.4 Å². The molecule has 0 aliphatic carbocycles. The molecule has 0 spiro atoms. The number of thiophene rings is 1. The number of rotatable bonds is 8. The minimum atomic E-state index is 0.563. The van der Waals surface area contributed by atoms with Crippen molar-refractivity contribution in [3.63, 3.8) is 0 Å². The first-order valence-corrected chi connectivity index (χ1v) is 8.17. The summed E-state index contributed by atoms with van der Waals surface area (Å²) in [4.78, 5) is 8.09. The van der Waals surface area contributed by atoms with Crippen LogP contribution >= 0.6 is 11.3 Å². The van der Waals surface area contributed by atoms with Crippen LogP contribution in [0, 0.1) is 0 Å². The van der Waals surface area contributed by atoms with E-state index in [0.29, 0.717) is 5.92 Å². The minimum absolute atomic E-state index is 0.563. The third-order valence-electron chi connectivity index (χ3n) is 3.60. The Bertz CT molecular complexity index is 429. The normalized spacial score (nSPS) is 13.2. The zero-order chi connectivity index (χ0) is 12.8. The molecule has 1 unspecified atom stereocenters. The molecule has 1 atom stereocenters. The fourth-order valence-corrected chi connectivity index (χ4v) is 3.06. The van der Waals surface area contributed by atoms with Gasteiger partial charge in [0.25, 0.3) is 0 Å². The van der Waals surface area contributed by atoms with E-state index in [1.165, 1.54) is 56.3 Å². The highest BCUT2D eigenvalue weighted by molar-refractivity contribution is 7.09. The molecule has 2 rings (SSSR count). The lowest BCUT2D eigenvalue weighted by atomic mass is 10.0. The Balaban J connectivity index is 1.71. The Morgan fingerprint density at radius 2 is 1.94 bits per heavy atom. The van der Waals surface area contributed by atoms with Crippen molar-refractivity contribution >= 4 is 22.4 Å². The number of imidazole rings is 1. The fraction of sp³-hybridized carbons (Fsp3) is 0.667. The summed E-state index contributed by atoms with van der Waals surface area (Å²) in [5, 5.41) is 4.26. The van der Waals surface area contributed by atoms with E-state index in [9.17, 15) is 0 Å². The molecule has 0 aromatic carbocycles. The summed E-state index contributed by atoms with van der Waals surface area (Å²) >= 11 is 1.72. The van der Waals surface area contributed by atoms with Crippen LogP contribution in [-0.4, -0.2) is 9.97 Å². The standard InChI is InChI=1S/C15H24N2S/c1-3-4-5-6-7-8-9-12(2)15-16-13-10-18-11-14(13)17-15/h10-12H,3-9H2,1-2H3,(H,16,17). The summed E-state index contributed by atoms with van der Waals surface area (Å²) in [6.45, 7) is 4.55. The summed E-state index contributed by atoms with van der Waals surface area (Å²) < 4.78 is 0. The van der Waals surface area contributed by atoms with Crippen LogP contribution in [0.2, 0.25) is 0 Å². The molecule has 0 saturated heterocycles. The predicted octanol–water partition coefficient (Wildman–Crippen LogP) is 5.48. The molecule has 0 radical (unpaired) electrons. The zero-order valence-corrected chi connectivity index (χ0v) is 12.4. The van der Waals surface area contributed by atoms with Crippen molar-refractivity contribution in [2.24, 2.45) is 0 Å². The van der Waals surface area contributed by atoms with E-state index in [4.69, 9.17) is 0 Å². The minimum Gasteiger partial charge on any atom is -0.341 e. The average Bonchev–Trinajstić information content (AvgIpc) is 2.93. The van der Waals surface area contributed by atoms with Crippen LogP contribution in [0.25, 0.3) is 11.0 Å². The first-order valence-electron chi connectivity index (χ1n) is 7.23. The molecular formula is C15H24N2S. The second-order valence-electron chi connectivity index (χ2n) is 5.25. The highest BCUT2D eigenvalue weighted by Crippen LogP contribution is 2.24. The summed E-state index contributed by atoms with van der Waals surface area (Å²) in [7, 11) is 0. The summed E-state index contributed by atoms with van der Waals surface area (Å²) in [5.74, 6) is 1.73. The SMILES string of the molecule is CCCCCCCCC(C)c1nc2cscc2[nH]1. The van der Waals surface area contributed by atoms with E-state index >= 15 is 0 Å². The molecule has 2 nitrogen and oxygen atoms in total. The van der Waals surface area contributed by atoms with Crippen molar-refractivity contribution < 1.29 is 0 Å². The number of nitrogens with zero attached hydrogens (tertiary/aromatic N) is 1. The van der Waals surface area contributed by atoms with E-state index in [0.717, 1.165) is 5.52 Å². The highest BCUT2D eigenvalue weighted by Gasteiger charge is 2.10. The van der Waals surface area contributed by atoms with Gasteiger partial charge in [-0.3, -0.25) is 0 Å². The van der Waals surface area contributed by atoms with Gasteiger partial charge in [-0.25, -0.2) is 4.98 Å². The smallest absolute Gasteiger partial charge is 0.110 e. The fourth-order valence-electron chi connectivity index (χ4n) is 2.37. The molecule has 3 heteroatoms. The quantitative estimate of drug-likeness (QED) is 0.628. The predicted molar refractivity (Wildman–Crippen MR) is 80.4 cm³/mol. The van der Waals surface area contributed by atoms with Crippen LogP contribution in [0.5, 0.6) is 0 Å². The first kappa shape index (κ1) is 13.6. The molecule has 1 N–H and O–H groups in total. The zero-order valence-electron chi connectivity index (χ0n) is 11.5. The molecule has 0 aliphatic heterocycles. The second kappa shape index (κ2) is 6.93. The molecule has 100 valence electrons. The molecule has 2 heterocycles. The van der Waals surface area contributed by atoms with Crippen LogP contribution < -0.4 is 0 Å². The van der Waals surface area contributed by atoms with E-state index < -0.39 is 0 Å². The van der Waals surface area contributed by atoms with Crippen molar-refractivity contribution in [1.29, 1.82) is 0 Å². The average molecular weight is 264 g/mol. The molecule has 18 heavy (non-hydrogen) atoms. The van der Waals surface area contributed by atoms with Crippen molar-refractivity contribution in [1.82, 2.24) is 9.97 Å². The number of aromatic nitrogens is 2. The maximum Gasteiger partial charge on any atom is 0.110 e. The van der Waals surface area contributed by atoms with Gasteiger partial charge in [0.15, 0.2) is 0 Å². The second-order valence-corrected chi connectivity index (χ2v) is 5.99. The van der Waals surface area contributed by atoms with Crippen molar-refractivity contribution in [2.45, 2.75) is 64.7 Å². The van der Waals surface area contributed by atoms with Crippen molar-refractivity contribution in [3.8, 4) is 0 Å². The number of nitrogens with one attached hydrogen (secondary N) is 1. The third kappa shape index (κ3) is 3.58. The Kier molecular flexibility index (Phi) is 5.24. The van der Waals surface area contributed by atoms with Crippen LogP contribution in [0.3, 0.4) is 0 Å². The lowest BCUT2D eigenvalue weighted by molar-refractivity contribution is 0.547. The van der Waals surface area contributed by atoms with E-state index in [-0.39, 0.29) is 0 Å². The van der Waals surface area contributed by atoms with Gasteiger partial charge >= 0.3 is 0 Å². The summed E-state index contributed by atoms with van der Waals surface area (Å²) in [6.07, 6.45) is 9.49. The van der Waals surface area contributed by atoms with Crippen molar-refractivity contribution in [3.05, 3.63) is 16.6 Å². The van der Waals surface area contributed by atoms with E-state index in [2.05, 4.69) is 34.6 Å². The number of unbranched alkanes of at least 4 members (excludes halogenated alkanes) is 5. The molecule has 0 amide bonds. The number of fused-ring (bicyclic) bond motifs is 1. The number of hydrogen-bond donors (Lipinski definition) is 1. The first-order chi connectivity index (χ1) is 8.81. The molecule has 2 aromatic heterocycles. The molecule has 0 saturated carbocycles. The Morgan fingerprint density at radius 1 is 1.17 bits per heavy atom. The van der Waals surface area contributed by atoms with Crippen LogP contribution in [-0.2, 0) is 0 Å². The summed E-state index contributed by atoms with van der Waals surface area (Å²) in [5.41, 5.74) is 2.33. The Hall–Kier alpha value is -0.830. The van der Waals surface area contributed by atoms with Crippen molar-refractivity contribution in [2.75, 3.05) is 0 Å². The molecule has 0 aliphatic rings. The molecule has 0 fully saturated rings. The molecule has 2 aromatic rings. The number of hydrogen-bond acceptors (Lipinski definition) is 2. The van der Waals surface area contributed by atoms with Gasteiger partial charge in [0.05, 0.1) is 11.0 Å². The maximum absolute atomic E-state index is 4.66. The van der Waals surface area contributed by atoms with Crippen LogP contribution in [0.4, 0.5) is 0 Å². The van der Waals surface area contributed by atoms with Gasteiger partial charge in [0.1, 0.15) is 5.82 Å². The Morgan fingerprint density at radius 3 is 2.72 bits per heavy atom. The third-order valence-corrected chi connectivity index (χ3v) is 4.33. The van der Waals surface area contributed by atoms with Crippen LogP contribution in [0.15, 0.2) is 10.8 Å². The van der Waals surface area contributed by atoms with E-state index in [1.54, 1.807) is 11.3 Å². The van der Waals surface area contributed by atoms with Gasteiger partial charge in [0, 0.05) is 16.7 Å². The van der Waals surface area contributed by atoms with Crippen LogP contribution in [0.1, 0.15) is 70.5 Å².